The summed E-state index contributed by atoms with van der Waals surface area (Å²) in [7, 11) is 0. The molecule has 0 amide bonds. The topological polar surface area (TPSA) is 58.5 Å². The normalized spacial score (nSPS) is 18.4. The van der Waals surface area contributed by atoms with Crippen molar-refractivity contribution in [3.8, 4) is 5.88 Å². The van der Waals surface area contributed by atoms with Crippen molar-refractivity contribution in [2.75, 3.05) is 13.2 Å². The second-order valence-corrected chi connectivity index (χ2v) is 4.46. The van der Waals surface area contributed by atoms with Crippen molar-refractivity contribution < 1.29 is 17.9 Å². The summed E-state index contributed by atoms with van der Waals surface area (Å²) in [4.78, 5) is 8.02. The van der Waals surface area contributed by atoms with Gasteiger partial charge in [0.1, 0.15) is 0 Å². The van der Waals surface area contributed by atoms with Gasteiger partial charge in [-0.15, -0.1) is 0 Å². The number of ether oxygens (including phenoxy) is 1. The van der Waals surface area contributed by atoms with E-state index < -0.39 is 12.8 Å². The number of halogens is 3. The molecule has 0 fully saturated rings. The maximum absolute atomic E-state index is 12.2. The number of alkyl halides is 3. The van der Waals surface area contributed by atoms with Crippen LogP contribution < -0.4 is 15.4 Å². The Labute approximate surface area is 114 Å². The van der Waals surface area contributed by atoms with Crippen LogP contribution in [0.3, 0.4) is 0 Å². The number of pyridine rings is 1. The number of hydrogen-bond donors (Lipinski definition) is 2. The van der Waals surface area contributed by atoms with Gasteiger partial charge in [0.25, 0.3) is 0 Å². The number of hydrogen-bond acceptors (Lipinski definition) is 5. The molecule has 1 aliphatic rings. The third-order valence-electron chi connectivity index (χ3n) is 2.58. The lowest BCUT2D eigenvalue weighted by atomic mass is 10.2. The van der Waals surface area contributed by atoms with E-state index in [1.807, 2.05) is 6.92 Å². The van der Waals surface area contributed by atoms with Crippen LogP contribution in [0.15, 0.2) is 23.3 Å². The van der Waals surface area contributed by atoms with E-state index in [2.05, 4.69) is 20.6 Å². The van der Waals surface area contributed by atoms with Crippen LogP contribution in [0.2, 0.25) is 0 Å². The molecule has 110 valence electrons. The highest BCUT2D eigenvalue weighted by Crippen LogP contribution is 2.19. The molecule has 1 unspecified atom stereocenters. The highest BCUT2D eigenvalue weighted by atomic mass is 19.4. The van der Waals surface area contributed by atoms with Crippen LogP contribution in [0.4, 0.5) is 13.2 Å². The van der Waals surface area contributed by atoms with Gasteiger partial charge in [0.05, 0.1) is 6.54 Å². The van der Waals surface area contributed by atoms with Crippen LogP contribution in [-0.2, 0) is 6.54 Å². The number of nitrogens with zero attached hydrogens (tertiary/aromatic N) is 2. The van der Waals surface area contributed by atoms with Crippen molar-refractivity contribution in [3.63, 3.8) is 0 Å². The third-order valence-corrected chi connectivity index (χ3v) is 2.58. The molecule has 1 aliphatic heterocycles. The second kappa shape index (κ2) is 5.98. The quantitative estimate of drug-likeness (QED) is 0.880. The molecule has 0 radical (unpaired) electrons. The zero-order valence-corrected chi connectivity index (χ0v) is 10.9. The molecule has 2 N–H and O–H groups in total. The molecule has 0 bridgehead atoms. The second-order valence-electron chi connectivity index (χ2n) is 4.46. The summed E-state index contributed by atoms with van der Waals surface area (Å²) in [5, 5.41) is 6.10. The van der Waals surface area contributed by atoms with Gasteiger partial charge in [-0.05, 0) is 13.0 Å². The summed E-state index contributed by atoms with van der Waals surface area (Å²) in [5.41, 5.74) is 0.542. The largest absolute Gasteiger partial charge is 0.468 e. The van der Waals surface area contributed by atoms with Gasteiger partial charge in [0.2, 0.25) is 5.88 Å². The number of aliphatic imine (C=N–C) groups is 1. The summed E-state index contributed by atoms with van der Waals surface area (Å²) < 4.78 is 41.2. The van der Waals surface area contributed by atoms with Gasteiger partial charge in [0, 0.05) is 24.3 Å². The van der Waals surface area contributed by atoms with Crippen molar-refractivity contribution in [1.29, 1.82) is 0 Å². The molecule has 8 heteroatoms. The first-order chi connectivity index (χ1) is 9.44. The van der Waals surface area contributed by atoms with E-state index >= 15 is 0 Å². The van der Waals surface area contributed by atoms with Gasteiger partial charge < -0.3 is 15.4 Å². The predicted octanol–water partition coefficient (Wildman–Crippen LogP) is 1.46. The van der Waals surface area contributed by atoms with E-state index in [0.29, 0.717) is 24.6 Å². The zero-order valence-electron chi connectivity index (χ0n) is 10.9. The number of guanidine groups is 1. The summed E-state index contributed by atoms with van der Waals surface area (Å²) in [6.07, 6.45) is -2.99. The fraction of sp³-hybridized carbons (Fsp3) is 0.500. The zero-order chi connectivity index (χ0) is 14.6. The van der Waals surface area contributed by atoms with E-state index in [9.17, 15) is 13.2 Å². The van der Waals surface area contributed by atoms with Crippen LogP contribution in [0.25, 0.3) is 0 Å². The van der Waals surface area contributed by atoms with Crippen molar-refractivity contribution in [2.45, 2.75) is 25.7 Å². The Morgan fingerprint density at radius 3 is 2.95 bits per heavy atom. The summed E-state index contributed by atoms with van der Waals surface area (Å²) >= 11 is 0. The molecule has 20 heavy (non-hydrogen) atoms. The summed E-state index contributed by atoms with van der Waals surface area (Å²) in [6, 6.07) is 3.56. The molecule has 1 aromatic heterocycles. The fourth-order valence-electron chi connectivity index (χ4n) is 1.68. The lowest BCUT2D eigenvalue weighted by molar-refractivity contribution is -0.154. The van der Waals surface area contributed by atoms with E-state index in [1.165, 1.54) is 6.20 Å². The summed E-state index contributed by atoms with van der Waals surface area (Å²) in [5.74, 6) is 0.604. The lowest BCUT2D eigenvalue weighted by Crippen LogP contribution is -2.37. The van der Waals surface area contributed by atoms with Crippen LogP contribution >= 0.6 is 0 Å². The number of aromatic nitrogens is 1. The average molecular weight is 288 g/mol. The number of nitrogens with one attached hydrogen (secondary N) is 2. The Kier molecular flexibility index (Phi) is 4.31. The maximum atomic E-state index is 12.2. The predicted molar refractivity (Wildman–Crippen MR) is 67.5 cm³/mol. The lowest BCUT2D eigenvalue weighted by Gasteiger charge is -2.13. The van der Waals surface area contributed by atoms with E-state index in [0.717, 1.165) is 0 Å². The van der Waals surface area contributed by atoms with Crippen molar-refractivity contribution in [2.24, 2.45) is 4.99 Å². The van der Waals surface area contributed by atoms with Crippen LogP contribution in [-0.4, -0.2) is 36.3 Å². The van der Waals surface area contributed by atoms with Gasteiger partial charge >= 0.3 is 6.18 Å². The Morgan fingerprint density at radius 2 is 2.30 bits per heavy atom. The molecule has 2 heterocycles. The first kappa shape index (κ1) is 14.4. The highest BCUT2D eigenvalue weighted by Gasteiger charge is 2.29. The molecule has 1 atom stereocenters. The molecule has 0 saturated carbocycles. The van der Waals surface area contributed by atoms with Gasteiger partial charge in [-0.25, -0.2) is 4.98 Å². The fourth-order valence-corrected chi connectivity index (χ4v) is 1.68. The SMILES string of the molecule is CC1CN=C(NCc2cccnc2OCC(F)(F)F)N1. The highest BCUT2D eigenvalue weighted by molar-refractivity contribution is 5.81. The Hall–Kier alpha value is -1.99. The average Bonchev–Trinajstić information content (AvgIpc) is 2.80. The molecule has 0 saturated heterocycles. The van der Waals surface area contributed by atoms with Gasteiger partial charge in [-0.1, -0.05) is 6.07 Å². The molecule has 0 spiro atoms. The smallest absolute Gasteiger partial charge is 0.422 e. The van der Waals surface area contributed by atoms with E-state index in [-0.39, 0.29) is 11.9 Å². The first-order valence-electron chi connectivity index (χ1n) is 6.12. The monoisotopic (exact) mass is 288 g/mol. The van der Waals surface area contributed by atoms with Gasteiger partial charge in [0.15, 0.2) is 12.6 Å². The molecule has 2 rings (SSSR count). The third kappa shape index (κ3) is 4.29. The van der Waals surface area contributed by atoms with Crippen molar-refractivity contribution in [3.05, 3.63) is 23.9 Å². The minimum atomic E-state index is -4.38. The Bertz CT molecular complexity index is 490. The standard InChI is InChI=1S/C12H15F3N4O/c1-8-5-17-11(19-8)18-6-9-3-2-4-16-10(9)20-7-12(13,14)15/h2-4,8H,5-7H2,1H3,(H2,17,18,19). The van der Waals surface area contributed by atoms with Gasteiger partial charge in [-0.2, -0.15) is 13.2 Å². The first-order valence-corrected chi connectivity index (χ1v) is 6.12. The van der Waals surface area contributed by atoms with Crippen molar-refractivity contribution >= 4 is 5.96 Å². The molecule has 0 aromatic carbocycles. The van der Waals surface area contributed by atoms with Gasteiger partial charge in [-0.3, -0.25) is 4.99 Å². The minimum absolute atomic E-state index is 0.0241. The number of rotatable bonds is 4. The van der Waals surface area contributed by atoms with Crippen molar-refractivity contribution in [1.82, 2.24) is 15.6 Å². The van der Waals surface area contributed by atoms with E-state index in [4.69, 9.17) is 4.74 Å². The van der Waals surface area contributed by atoms with Crippen LogP contribution in [0.1, 0.15) is 12.5 Å². The van der Waals surface area contributed by atoms with Crippen LogP contribution in [0.5, 0.6) is 5.88 Å². The van der Waals surface area contributed by atoms with E-state index in [1.54, 1.807) is 12.1 Å². The molecular weight excluding hydrogens is 273 g/mol. The molecule has 5 nitrogen and oxygen atoms in total. The molecule has 0 aliphatic carbocycles. The maximum Gasteiger partial charge on any atom is 0.422 e. The molecule has 1 aromatic rings. The Morgan fingerprint density at radius 1 is 1.50 bits per heavy atom. The Balaban J connectivity index is 1.94. The van der Waals surface area contributed by atoms with Crippen LogP contribution in [0, 0.1) is 0 Å². The molecular formula is C12H15F3N4O. The summed E-state index contributed by atoms with van der Waals surface area (Å²) in [6.45, 7) is 1.60. The minimum Gasteiger partial charge on any atom is -0.468 e.